The molecule has 1 aromatic heterocycles. The average Bonchev–Trinajstić information content (AvgIpc) is 3.26. The zero-order valence-electron chi connectivity index (χ0n) is 23.1. The first-order valence-electron chi connectivity index (χ1n) is 14.1. The van der Waals surface area contributed by atoms with Gasteiger partial charge in [0.1, 0.15) is 17.5 Å². The molecule has 40 heavy (non-hydrogen) atoms. The fourth-order valence-corrected chi connectivity index (χ4v) is 8.17. The molecule has 0 amide bonds. The predicted octanol–water partition coefficient (Wildman–Crippen LogP) is 6.43. The van der Waals surface area contributed by atoms with Crippen LogP contribution < -0.4 is 10.2 Å². The maximum absolute atomic E-state index is 15.0. The predicted molar refractivity (Wildman–Crippen MR) is 151 cm³/mol. The minimum absolute atomic E-state index is 0.264. The Labute approximate surface area is 236 Å². The number of benzene rings is 2. The van der Waals surface area contributed by atoms with Crippen molar-refractivity contribution >= 4 is 38.3 Å². The lowest BCUT2D eigenvalue weighted by Crippen LogP contribution is -2.66. The van der Waals surface area contributed by atoms with Crippen molar-refractivity contribution in [2.45, 2.75) is 51.6 Å². The number of nitrogens with zero attached hydrogens (tertiary/aromatic N) is 3. The maximum Gasteiger partial charge on any atom is 0.309 e. The normalized spacial score (nSPS) is 29.6. The number of aromatic nitrogens is 1. The summed E-state index contributed by atoms with van der Waals surface area (Å²) in [5.41, 5.74) is 0.661. The Kier molecular flexibility index (Phi) is 6.77. The van der Waals surface area contributed by atoms with Crippen LogP contribution in [0.3, 0.4) is 0 Å². The minimum Gasteiger partial charge on any atom is -0.481 e. The number of fused-ring (bicyclic) bond motifs is 1. The highest BCUT2D eigenvalue weighted by Crippen LogP contribution is 2.48. The highest BCUT2D eigenvalue weighted by atomic mass is 32.1. The summed E-state index contributed by atoms with van der Waals surface area (Å²) in [7, 11) is 2.31. The average molecular weight is 574 g/mol. The SMILES string of the molecule is C[C@@H](Nc1c(F)ccc2nc(N3CC([C@H]4CCC[N+](C)(C5CC(C)(C(=O)O)C5)C4)C3)sc12)c1ccc(F)cc1F. The van der Waals surface area contributed by atoms with Crippen LogP contribution in [-0.2, 0) is 4.79 Å². The van der Waals surface area contributed by atoms with Crippen LogP contribution >= 0.6 is 11.3 Å². The molecule has 3 fully saturated rings. The number of halogens is 3. The van der Waals surface area contributed by atoms with E-state index in [1.165, 1.54) is 42.4 Å². The Morgan fingerprint density at radius 3 is 2.62 bits per heavy atom. The van der Waals surface area contributed by atoms with Crippen molar-refractivity contribution < 1.29 is 27.6 Å². The van der Waals surface area contributed by atoms with Crippen LogP contribution in [0, 0.1) is 34.7 Å². The van der Waals surface area contributed by atoms with Gasteiger partial charge in [0.25, 0.3) is 0 Å². The molecule has 214 valence electrons. The topological polar surface area (TPSA) is 65.5 Å². The summed E-state index contributed by atoms with van der Waals surface area (Å²) in [5.74, 6) is -1.27. The first-order chi connectivity index (χ1) is 19.0. The Bertz CT molecular complexity index is 1450. The van der Waals surface area contributed by atoms with Crippen LogP contribution in [0.2, 0.25) is 0 Å². The summed E-state index contributed by atoms with van der Waals surface area (Å²) in [6.45, 7) is 7.62. The molecule has 3 heterocycles. The number of piperidine rings is 1. The minimum atomic E-state index is -0.676. The molecule has 2 N–H and O–H groups in total. The standard InChI is InChI=1S/C30H35F3N4O2S/c1-17(22-7-6-20(31)11-24(22)33)34-26-23(32)8-9-25-27(26)40-29(35-25)36-14-19(15-36)18-5-4-10-37(3,16-18)21-12-30(2,13-21)28(38)39/h6-9,11,17-19,21,34H,4-5,10,12-16H2,1-3H3/p+1/t17-,18+,21?,30?,37?/m1/s1. The number of carboxylic acid groups (broad SMARTS) is 1. The molecule has 3 aliphatic rings. The summed E-state index contributed by atoms with van der Waals surface area (Å²) in [6.07, 6.45) is 3.88. The molecule has 2 aliphatic heterocycles. The quantitative estimate of drug-likeness (QED) is 0.319. The van der Waals surface area contributed by atoms with E-state index in [9.17, 15) is 23.1 Å². The van der Waals surface area contributed by atoms with E-state index in [1.807, 2.05) is 6.92 Å². The van der Waals surface area contributed by atoms with Gasteiger partial charge in [-0.05, 0) is 44.9 Å². The van der Waals surface area contributed by atoms with E-state index in [-0.39, 0.29) is 11.3 Å². The molecule has 6 rings (SSSR count). The molecule has 1 aliphatic carbocycles. The molecule has 0 bridgehead atoms. The van der Waals surface area contributed by atoms with Crippen LogP contribution in [-0.4, -0.2) is 59.8 Å². The fraction of sp³-hybridized carbons (Fsp3) is 0.533. The third-order valence-electron chi connectivity index (χ3n) is 9.80. The molecule has 2 aromatic carbocycles. The molecule has 0 spiro atoms. The third-order valence-corrected chi connectivity index (χ3v) is 10.9. The van der Waals surface area contributed by atoms with Crippen molar-refractivity contribution in [3.05, 3.63) is 53.3 Å². The van der Waals surface area contributed by atoms with Gasteiger partial charge in [-0.3, -0.25) is 4.79 Å². The fourth-order valence-electron chi connectivity index (χ4n) is 7.08. The summed E-state index contributed by atoms with van der Waals surface area (Å²) < 4.78 is 44.3. The molecule has 6 nitrogen and oxygen atoms in total. The Morgan fingerprint density at radius 2 is 1.93 bits per heavy atom. The van der Waals surface area contributed by atoms with Crippen molar-refractivity contribution in [1.29, 1.82) is 0 Å². The van der Waals surface area contributed by atoms with Gasteiger partial charge in [-0.1, -0.05) is 17.4 Å². The largest absolute Gasteiger partial charge is 0.481 e. The molecule has 1 unspecified atom stereocenters. The third kappa shape index (κ3) is 4.72. The number of carbonyl (C=O) groups is 1. The van der Waals surface area contributed by atoms with Gasteiger partial charge in [-0.2, -0.15) is 0 Å². The summed E-state index contributed by atoms with van der Waals surface area (Å²) in [6, 6.07) is 6.32. The molecule has 3 aromatic rings. The molecular weight excluding hydrogens is 537 g/mol. The highest BCUT2D eigenvalue weighted by Gasteiger charge is 2.56. The van der Waals surface area contributed by atoms with Gasteiger partial charge in [-0.15, -0.1) is 0 Å². The van der Waals surface area contributed by atoms with Gasteiger partial charge in [0.15, 0.2) is 5.13 Å². The number of hydrogen-bond donors (Lipinski definition) is 2. The lowest BCUT2D eigenvalue weighted by Gasteiger charge is -2.56. The van der Waals surface area contributed by atoms with E-state index in [0.29, 0.717) is 28.1 Å². The number of thiazole rings is 1. The second-order valence-corrected chi connectivity index (χ2v) is 13.7. The number of carboxylic acids is 1. The van der Waals surface area contributed by atoms with Crippen LogP contribution in [0.15, 0.2) is 30.3 Å². The Hall–Kier alpha value is -2.85. The number of likely N-dealkylation sites (tertiary alicyclic amines) is 1. The monoisotopic (exact) mass is 573 g/mol. The molecule has 3 atom stereocenters. The van der Waals surface area contributed by atoms with Crippen molar-refractivity contribution in [1.82, 2.24) is 4.98 Å². The summed E-state index contributed by atoms with van der Waals surface area (Å²) in [5, 5.41) is 13.5. The first-order valence-corrected chi connectivity index (χ1v) is 14.9. The van der Waals surface area contributed by atoms with Gasteiger partial charge in [0.2, 0.25) is 0 Å². The number of quaternary nitrogens is 1. The highest BCUT2D eigenvalue weighted by molar-refractivity contribution is 7.22. The maximum atomic E-state index is 15.0. The van der Waals surface area contributed by atoms with Crippen molar-refractivity contribution in [2.75, 3.05) is 43.4 Å². The molecule has 1 saturated carbocycles. The van der Waals surface area contributed by atoms with Crippen LogP contribution in [0.1, 0.15) is 51.1 Å². The number of aliphatic carboxylic acids is 1. The molecule has 0 radical (unpaired) electrons. The van der Waals surface area contributed by atoms with Gasteiger partial charge < -0.3 is 19.8 Å². The smallest absolute Gasteiger partial charge is 0.309 e. The van der Waals surface area contributed by atoms with Crippen LogP contribution in [0.5, 0.6) is 0 Å². The van der Waals surface area contributed by atoms with Crippen molar-refractivity contribution in [3.63, 3.8) is 0 Å². The van der Waals surface area contributed by atoms with Gasteiger partial charge in [0, 0.05) is 49.4 Å². The van der Waals surface area contributed by atoms with E-state index in [4.69, 9.17) is 4.98 Å². The number of nitrogens with one attached hydrogen (secondary N) is 1. The van der Waals surface area contributed by atoms with Crippen molar-refractivity contribution in [2.24, 2.45) is 17.3 Å². The van der Waals surface area contributed by atoms with E-state index in [1.54, 1.807) is 13.0 Å². The molecule has 10 heteroatoms. The van der Waals surface area contributed by atoms with Crippen molar-refractivity contribution in [3.8, 4) is 0 Å². The van der Waals surface area contributed by atoms with E-state index < -0.39 is 34.9 Å². The molecular formula is C30H36F3N4O2S+. The Morgan fingerprint density at radius 1 is 1.18 bits per heavy atom. The number of anilines is 2. The van der Waals surface area contributed by atoms with Crippen LogP contribution in [0.4, 0.5) is 24.0 Å². The Balaban J connectivity index is 1.13. The lowest BCUT2D eigenvalue weighted by molar-refractivity contribution is -0.949. The first kappa shape index (κ1) is 27.3. The summed E-state index contributed by atoms with van der Waals surface area (Å²) >= 11 is 1.43. The summed E-state index contributed by atoms with van der Waals surface area (Å²) in [4.78, 5) is 18.7. The lowest BCUT2D eigenvalue weighted by atomic mass is 9.64. The van der Waals surface area contributed by atoms with Gasteiger partial charge in [0.05, 0.1) is 53.5 Å². The zero-order valence-corrected chi connectivity index (χ0v) is 23.9. The van der Waals surface area contributed by atoms with E-state index in [0.717, 1.165) is 54.7 Å². The molecule has 2 saturated heterocycles. The number of rotatable bonds is 7. The van der Waals surface area contributed by atoms with E-state index in [2.05, 4.69) is 17.3 Å². The second-order valence-electron chi connectivity index (χ2n) is 12.7. The van der Waals surface area contributed by atoms with E-state index >= 15 is 0 Å². The van der Waals surface area contributed by atoms with Crippen LogP contribution in [0.25, 0.3) is 10.2 Å². The van der Waals surface area contributed by atoms with Gasteiger partial charge in [-0.25, -0.2) is 18.2 Å². The zero-order chi connectivity index (χ0) is 28.4. The van der Waals surface area contributed by atoms with Gasteiger partial charge >= 0.3 is 5.97 Å². The number of hydrogen-bond acceptors (Lipinski definition) is 5. The second kappa shape index (κ2) is 9.91.